The number of carbonyl (C=O) groups is 1. The van der Waals surface area contributed by atoms with Gasteiger partial charge in [-0.05, 0) is 12.3 Å². The van der Waals surface area contributed by atoms with Crippen molar-refractivity contribution in [2.45, 2.75) is 18.9 Å². The van der Waals surface area contributed by atoms with E-state index in [0.717, 1.165) is 6.42 Å². The van der Waals surface area contributed by atoms with Crippen LogP contribution in [0, 0.1) is 5.92 Å². The maximum atomic E-state index is 10.8. The Hall–Kier alpha value is -1.96. The molecule has 2 heterocycles. The number of nitrogens with zero attached hydrogens (tertiary/aromatic N) is 3. The Kier molecular flexibility index (Phi) is 3.88. The Morgan fingerprint density at radius 1 is 1.56 bits per heavy atom. The minimum absolute atomic E-state index is 0.0346. The lowest BCUT2D eigenvalue weighted by molar-refractivity contribution is -0.118. The first-order chi connectivity index (χ1) is 8.63. The number of carbonyl (C=O) groups excluding carboxylic acids is 1. The van der Waals surface area contributed by atoms with Gasteiger partial charge < -0.3 is 21.5 Å². The van der Waals surface area contributed by atoms with E-state index in [1.54, 1.807) is 0 Å². The Labute approximate surface area is 104 Å². The van der Waals surface area contributed by atoms with Gasteiger partial charge in [-0.1, -0.05) is 0 Å². The Balaban J connectivity index is 1.77. The highest BCUT2D eigenvalue weighted by Gasteiger charge is 2.26. The smallest absolute Gasteiger partial charge is 0.227 e. The molecule has 1 amide bonds. The molecule has 0 radical (unpaired) electrons. The van der Waals surface area contributed by atoms with Crippen molar-refractivity contribution in [1.29, 1.82) is 0 Å². The molecule has 18 heavy (non-hydrogen) atoms. The second-order valence-electron chi connectivity index (χ2n) is 4.28. The topological polar surface area (TPSA) is 129 Å². The van der Waals surface area contributed by atoms with Crippen molar-refractivity contribution in [2.75, 3.05) is 24.2 Å². The number of ether oxygens (including phenoxy) is 1. The molecular formula is C10H16N6O2. The lowest BCUT2D eigenvalue weighted by atomic mass is 10.0. The predicted molar refractivity (Wildman–Crippen MR) is 64.4 cm³/mol. The number of nitrogen functional groups attached to an aromatic ring is 1. The van der Waals surface area contributed by atoms with Crippen LogP contribution in [-0.4, -0.2) is 40.1 Å². The third-order valence-corrected chi connectivity index (χ3v) is 2.73. The molecule has 2 unspecified atom stereocenters. The summed E-state index contributed by atoms with van der Waals surface area (Å²) in [6.07, 6.45) is 2.55. The van der Waals surface area contributed by atoms with Gasteiger partial charge in [-0.15, -0.1) is 0 Å². The van der Waals surface area contributed by atoms with Crippen LogP contribution in [0.2, 0.25) is 0 Å². The molecule has 1 aromatic heterocycles. The molecule has 98 valence electrons. The molecule has 1 saturated heterocycles. The van der Waals surface area contributed by atoms with Crippen LogP contribution in [0.15, 0.2) is 6.33 Å². The molecule has 0 bridgehead atoms. The molecule has 5 N–H and O–H groups in total. The number of primary amides is 1. The molecule has 1 aliphatic heterocycles. The monoisotopic (exact) mass is 252 g/mol. The summed E-state index contributed by atoms with van der Waals surface area (Å²) in [5, 5.41) is 3.02. The average molecular weight is 252 g/mol. The summed E-state index contributed by atoms with van der Waals surface area (Å²) >= 11 is 0. The first-order valence-electron chi connectivity index (χ1n) is 5.72. The molecule has 8 nitrogen and oxygen atoms in total. The Bertz CT molecular complexity index is 427. The van der Waals surface area contributed by atoms with Gasteiger partial charge in [-0.2, -0.15) is 4.98 Å². The van der Waals surface area contributed by atoms with E-state index in [0.29, 0.717) is 25.5 Å². The summed E-state index contributed by atoms with van der Waals surface area (Å²) < 4.78 is 5.55. The van der Waals surface area contributed by atoms with Crippen LogP contribution in [0.3, 0.4) is 0 Å². The van der Waals surface area contributed by atoms with Crippen molar-refractivity contribution in [3.8, 4) is 0 Å². The normalized spacial score (nSPS) is 22.9. The zero-order valence-corrected chi connectivity index (χ0v) is 9.87. The Morgan fingerprint density at radius 2 is 2.39 bits per heavy atom. The van der Waals surface area contributed by atoms with Gasteiger partial charge in [0.15, 0.2) is 0 Å². The molecule has 1 aromatic rings. The van der Waals surface area contributed by atoms with E-state index in [-0.39, 0.29) is 23.9 Å². The molecule has 8 heteroatoms. The summed E-state index contributed by atoms with van der Waals surface area (Å²) in [7, 11) is 0. The largest absolute Gasteiger partial charge is 0.376 e. The fourth-order valence-electron chi connectivity index (χ4n) is 1.95. The van der Waals surface area contributed by atoms with E-state index in [9.17, 15) is 4.79 Å². The second-order valence-corrected chi connectivity index (χ2v) is 4.28. The van der Waals surface area contributed by atoms with Gasteiger partial charge in [0.25, 0.3) is 0 Å². The number of amides is 1. The van der Waals surface area contributed by atoms with Crippen LogP contribution < -0.4 is 16.8 Å². The van der Waals surface area contributed by atoms with Crippen molar-refractivity contribution in [1.82, 2.24) is 15.0 Å². The number of hydrogen-bond acceptors (Lipinski definition) is 7. The van der Waals surface area contributed by atoms with Crippen LogP contribution in [0.25, 0.3) is 0 Å². The summed E-state index contributed by atoms with van der Waals surface area (Å²) in [5.74, 6) is 0.510. The van der Waals surface area contributed by atoms with Gasteiger partial charge in [0.05, 0.1) is 12.7 Å². The fourth-order valence-corrected chi connectivity index (χ4v) is 1.95. The molecular weight excluding hydrogens is 236 g/mol. The quantitative estimate of drug-likeness (QED) is 0.622. The molecule has 0 aromatic carbocycles. The molecule has 2 atom stereocenters. The van der Waals surface area contributed by atoms with Crippen molar-refractivity contribution < 1.29 is 9.53 Å². The first kappa shape index (κ1) is 12.5. The van der Waals surface area contributed by atoms with Gasteiger partial charge in [-0.3, -0.25) is 4.79 Å². The average Bonchev–Trinajstić information content (AvgIpc) is 2.73. The molecule has 0 saturated carbocycles. The van der Waals surface area contributed by atoms with Gasteiger partial charge in [-0.25, -0.2) is 9.97 Å². The summed E-state index contributed by atoms with van der Waals surface area (Å²) in [6, 6.07) is 0. The second kappa shape index (κ2) is 5.58. The summed E-state index contributed by atoms with van der Waals surface area (Å²) in [6.45, 7) is 1.13. The van der Waals surface area contributed by atoms with Gasteiger partial charge in [0, 0.05) is 13.0 Å². The number of hydrogen-bond donors (Lipinski definition) is 3. The maximum absolute atomic E-state index is 10.8. The van der Waals surface area contributed by atoms with Crippen LogP contribution in [0.1, 0.15) is 12.8 Å². The van der Waals surface area contributed by atoms with Crippen LogP contribution in [-0.2, 0) is 9.53 Å². The lowest BCUT2D eigenvalue weighted by Crippen LogP contribution is -2.21. The fraction of sp³-hybridized carbons (Fsp3) is 0.600. The van der Waals surface area contributed by atoms with E-state index >= 15 is 0 Å². The van der Waals surface area contributed by atoms with E-state index < -0.39 is 0 Å². The van der Waals surface area contributed by atoms with Crippen molar-refractivity contribution in [3.63, 3.8) is 0 Å². The standard InChI is InChI=1S/C10H16N6O2/c11-8(17)2-6-1-7(18-4-6)3-13-10-15-5-14-9(12)16-10/h5-7H,1-4H2,(H2,11,17)(H3,12,13,14,15,16). The zero-order chi connectivity index (χ0) is 13.0. The van der Waals surface area contributed by atoms with Gasteiger partial charge >= 0.3 is 0 Å². The summed E-state index contributed by atoms with van der Waals surface area (Å²) in [4.78, 5) is 22.3. The highest BCUT2D eigenvalue weighted by molar-refractivity contribution is 5.74. The third kappa shape index (κ3) is 3.52. The van der Waals surface area contributed by atoms with Gasteiger partial charge in [0.1, 0.15) is 6.33 Å². The van der Waals surface area contributed by atoms with E-state index in [2.05, 4.69) is 20.3 Å². The first-order valence-corrected chi connectivity index (χ1v) is 5.72. The lowest BCUT2D eigenvalue weighted by Gasteiger charge is -2.10. The van der Waals surface area contributed by atoms with Crippen LogP contribution in [0.5, 0.6) is 0 Å². The van der Waals surface area contributed by atoms with E-state index in [1.807, 2.05) is 0 Å². The van der Waals surface area contributed by atoms with Crippen LogP contribution in [0.4, 0.5) is 11.9 Å². The minimum atomic E-state index is -0.289. The Morgan fingerprint density at radius 3 is 3.11 bits per heavy atom. The van der Waals surface area contributed by atoms with Crippen LogP contribution >= 0.6 is 0 Å². The van der Waals surface area contributed by atoms with Crippen molar-refractivity contribution in [3.05, 3.63) is 6.33 Å². The number of rotatable bonds is 5. The highest BCUT2D eigenvalue weighted by Crippen LogP contribution is 2.22. The van der Waals surface area contributed by atoms with E-state index in [1.165, 1.54) is 6.33 Å². The highest BCUT2D eigenvalue weighted by atomic mass is 16.5. The SMILES string of the molecule is NC(=O)CC1COC(CNc2ncnc(N)n2)C1. The predicted octanol–water partition coefficient (Wildman–Crippen LogP) is -0.854. The van der Waals surface area contributed by atoms with E-state index in [4.69, 9.17) is 16.2 Å². The number of anilines is 2. The van der Waals surface area contributed by atoms with Gasteiger partial charge in [0.2, 0.25) is 17.8 Å². The zero-order valence-electron chi connectivity index (χ0n) is 9.87. The summed E-state index contributed by atoms with van der Waals surface area (Å²) in [5.41, 5.74) is 10.6. The molecule has 1 aliphatic rings. The maximum Gasteiger partial charge on any atom is 0.227 e. The number of nitrogens with one attached hydrogen (secondary N) is 1. The molecule has 2 rings (SSSR count). The number of aromatic nitrogens is 3. The molecule has 0 aliphatic carbocycles. The third-order valence-electron chi connectivity index (χ3n) is 2.73. The molecule has 1 fully saturated rings. The minimum Gasteiger partial charge on any atom is -0.376 e. The number of nitrogens with two attached hydrogens (primary N) is 2. The van der Waals surface area contributed by atoms with Crippen molar-refractivity contribution >= 4 is 17.8 Å². The molecule has 0 spiro atoms. The van der Waals surface area contributed by atoms with Crippen molar-refractivity contribution in [2.24, 2.45) is 11.7 Å².